The summed E-state index contributed by atoms with van der Waals surface area (Å²) in [6.45, 7) is 0.190. The fraction of sp³-hybridized carbons (Fsp3) is 0.158. The fourth-order valence-electron chi connectivity index (χ4n) is 2.51. The number of halogens is 1. The second-order valence-corrected chi connectivity index (χ2v) is 7.49. The van der Waals surface area contributed by atoms with E-state index < -0.39 is 11.1 Å². The van der Waals surface area contributed by atoms with Gasteiger partial charge in [0.2, 0.25) is 0 Å². The standard InChI is InChI=1S/C19H16FN3O3S2/c1-27-17-14(3-2-8-22-17)16(24)21-9-10-23-18(25)15(28-19(23)26)11-12-4-6-13(20)7-5-12/h2-8,11H,9-10H2,1H3,(H,21,24). The van der Waals surface area contributed by atoms with Crippen molar-refractivity contribution in [2.24, 2.45) is 0 Å². The largest absolute Gasteiger partial charge is 0.350 e. The minimum absolute atomic E-state index is 0.0615. The molecule has 0 atom stereocenters. The maximum atomic E-state index is 13.0. The van der Waals surface area contributed by atoms with Crippen LogP contribution in [0.4, 0.5) is 9.18 Å². The molecule has 1 aromatic heterocycles. The van der Waals surface area contributed by atoms with E-state index in [0.29, 0.717) is 16.2 Å². The van der Waals surface area contributed by atoms with E-state index in [-0.39, 0.29) is 29.7 Å². The zero-order valence-electron chi connectivity index (χ0n) is 14.8. The third kappa shape index (κ3) is 4.60. The smallest absolute Gasteiger partial charge is 0.293 e. The van der Waals surface area contributed by atoms with Gasteiger partial charge in [-0.15, -0.1) is 11.8 Å². The van der Waals surface area contributed by atoms with Crippen molar-refractivity contribution in [3.63, 3.8) is 0 Å². The molecule has 1 aliphatic rings. The van der Waals surface area contributed by atoms with Gasteiger partial charge in [-0.1, -0.05) is 12.1 Å². The van der Waals surface area contributed by atoms with Crippen LogP contribution in [0.5, 0.6) is 0 Å². The molecule has 0 bridgehead atoms. The van der Waals surface area contributed by atoms with Crippen LogP contribution in [-0.4, -0.2) is 46.3 Å². The second-order valence-electron chi connectivity index (χ2n) is 5.70. The van der Waals surface area contributed by atoms with Gasteiger partial charge in [-0.3, -0.25) is 19.3 Å². The summed E-state index contributed by atoms with van der Waals surface area (Å²) in [6.07, 6.45) is 4.98. The lowest BCUT2D eigenvalue weighted by atomic mass is 10.2. The fourth-order valence-corrected chi connectivity index (χ4v) is 3.92. The average molecular weight is 417 g/mol. The molecule has 2 aromatic rings. The van der Waals surface area contributed by atoms with Crippen molar-refractivity contribution >= 4 is 46.7 Å². The Hall–Kier alpha value is -2.65. The zero-order chi connectivity index (χ0) is 20.1. The van der Waals surface area contributed by atoms with Gasteiger partial charge in [0.05, 0.1) is 10.5 Å². The quantitative estimate of drug-likeness (QED) is 0.573. The Morgan fingerprint density at radius 3 is 2.75 bits per heavy atom. The number of rotatable bonds is 6. The highest BCUT2D eigenvalue weighted by Crippen LogP contribution is 2.31. The molecule has 2 heterocycles. The second kappa shape index (κ2) is 9.03. The number of thioether (sulfide) groups is 2. The average Bonchev–Trinajstić information content (AvgIpc) is 2.96. The number of aromatic nitrogens is 1. The monoisotopic (exact) mass is 417 g/mol. The van der Waals surface area contributed by atoms with Crippen molar-refractivity contribution in [2.75, 3.05) is 19.3 Å². The van der Waals surface area contributed by atoms with Gasteiger partial charge in [-0.2, -0.15) is 0 Å². The SMILES string of the molecule is CSc1ncccc1C(=O)NCCN1C(=O)SC(=Cc2ccc(F)cc2)C1=O. The molecule has 0 radical (unpaired) electrons. The van der Waals surface area contributed by atoms with Gasteiger partial charge in [0, 0.05) is 19.3 Å². The summed E-state index contributed by atoms with van der Waals surface area (Å²) in [6, 6.07) is 8.96. The van der Waals surface area contributed by atoms with Crippen LogP contribution >= 0.6 is 23.5 Å². The third-order valence-corrected chi connectivity index (χ3v) is 5.49. The molecule has 0 aliphatic carbocycles. The molecule has 28 heavy (non-hydrogen) atoms. The Balaban J connectivity index is 1.60. The molecule has 3 rings (SSSR count). The minimum Gasteiger partial charge on any atom is -0.350 e. The van der Waals surface area contributed by atoms with Gasteiger partial charge in [-0.05, 0) is 53.9 Å². The van der Waals surface area contributed by atoms with Crippen LogP contribution in [-0.2, 0) is 4.79 Å². The van der Waals surface area contributed by atoms with Gasteiger partial charge in [0.25, 0.3) is 17.1 Å². The van der Waals surface area contributed by atoms with E-state index in [2.05, 4.69) is 10.3 Å². The van der Waals surface area contributed by atoms with Crippen LogP contribution in [0.25, 0.3) is 6.08 Å². The lowest BCUT2D eigenvalue weighted by Gasteiger charge is -2.13. The highest BCUT2D eigenvalue weighted by atomic mass is 32.2. The molecule has 9 heteroatoms. The molecule has 1 aromatic carbocycles. The molecule has 144 valence electrons. The first kappa shape index (κ1) is 20.1. The number of amides is 3. The third-order valence-electron chi connectivity index (χ3n) is 3.87. The molecule has 0 unspecified atom stereocenters. The number of pyridine rings is 1. The normalized spacial score (nSPS) is 15.4. The van der Waals surface area contributed by atoms with E-state index >= 15 is 0 Å². The Morgan fingerprint density at radius 2 is 2.04 bits per heavy atom. The zero-order valence-corrected chi connectivity index (χ0v) is 16.5. The molecular weight excluding hydrogens is 401 g/mol. The topological polar surface area (TPSA) is 79.4 Å². The van der Waals surface area contributed by atoms with Gasteiger partial charge >= 0.3 is 0 Å². The maximum absolute atomic E-state index is 13.0. The first-order valence-corrected chi connectivity index (χ1v) is 10.3. The first-order valence-electron chi connectivity index (χ1n) is 8.27. The maximum Gasteiger partial charge on any atom is 0.293 e. The van der Waals surface area contributed by atoms with Crippen LogP contribution in [0, 0.1) is 5.82 Å². The predicted octanol–water partition coefficient (Wildman–Crippen LogP) is 3.41. The highest BCUT2D eigenvalue weighted by molar-refractivity contribution is 8.18. The van der Waals surface area contributed by atoms with E-state index in [1.165, 1.54) is 36.0 Å². The summed E-state index contributed by atoms with van der Waals surface area (Å²) in [7, 11) is 0. The van der Waals surface area contributed by atoms with Crippen molar-refractivity contribution < 1.29 is 18.8 Å². The van der Waals surface area contributed by atoms with Crippen LogP contribution in [0.15, 0.2) is 52.5 Å². The molecule has 1 fully saturated rings. The summed E-state index contributed by atoms with van der Waals surface area (Å²) >= 11 is 2.18. The van der Waals surface area contributed by atoms with E-state index in [4.69, 9.17) is 0 Å². The predicted molar refractivity (Wildman–Crippen MR) is 107 cm³/mol. The van der Waals surface area contributed by atoms with Crippen molar-refractivity contribution in [1.29, 1.82) is 0 Å². The van der Waals surface area contributed by atoms with Crippen molar-refractivity contribution in [2.45, 2.75) is 5.03 Å². The highest BCUT2D eigenvalue weighted by Gasteiger charge is 2.34. The van der Waals surface area contributed by atoms with Gasteiger partial charge in [0.1, 0.15) is 10.8 Å². The van der Waals surface area contributed by atoms with Crippen LogP contribution in [0.3, 0.4) is 0 Å². The Morgan fingerprint density at radius 1 is 1.29 bits per heavy atom. The number of nitrogens with one attached hydrogen (secondary N) is 1. The Kier molecular flexibility index (Phi) is 6.48. The number of carbonyl (C=O) groups is 3. The molecule has 1 N–H and O–H groups in total. The minimum atomic E-state index is -0.431. The number of benzene rings is 1. The molecule has 6 nitrogen and oxygen atoms in total. The lowest BCUT2D eigenvalue weighted by Crippen LogP contribution is -2.37. The molecule has 1 saturated heterocycles. The van der Waals surface area contributed by atoms with E-state index in [0.717, 1.165) is 16.7 Å². The molecular formula is C19H16FN3O3S2. The summed E-state index contributed by atoms with van der Waals surface area (Å²) in [5.41, 5.74) is 1.07. The van der Waals surface area contributed by atoms with Gasteiger partial charge < -0.3 is 5.32 Å². The van der Waals surface area contributed by atoms with Crippen molar-refractivity contribution in [3.8, 4) is 0 Å². The number of hydrogen-bond donors (Lipinski definition) is 1. The Labute approximate surface area is 169 Å². The van der Waals surface area contributed by atoms with E-state index in [1.807, 2.05) is 6.26 Å². The van der Waals surface area contributed by atoms with Crippen molar-refractivity contribution in [1.82, 2.24) is 15.2 Å². The summed E-state index contributed by atoms with van der Waals surface area (Å²) in [5.74, 6) is -1.12. The number of imide groups is 1. The van der Waals surface area contributed by atoms with E-state index in [1.54, 1.807) is 24.4 Å². The summed E-state index contributed by atoms with van der Waals surface area (Å²) in [5, 5.41) is 2.90. The van der Waals surface area contributed by atoms with Crippen molar-refractivity contribution in [3.05, 3.63) is 64.4 Å². The first-order chi connectivity index (χ1) is 13.5. The number of carbonyl (C=O) groups excluding carboxylic acids is 3. The van der Waals surface area contributed by atoms with Crippen LogP contribution in [0.2, 0.25) is 0 Å². The molecule has 0 saturated carbocycles. The van der Waals surface area contributed by atoms with Crippen LogP contribution < -0.4 is 5.32 Å². The lowest BCUT2D eigenvalue weighted by molar-refractivity contribution is -0.122. The number of hydrogen-bond acceptors (Lipinski definition) is 6. The van der Waals surface area contributed by atoms with E-state index in [9.17, 15) is 18.8 Å². The summed E-state index contributed by atoms with van der Waals surface area (Å²) in [4.78, 5) is 42.3. The molecule has 3 amide bonds. The Bertz CT molecular complexity index is 948. The number of nitrogens with zero attached hydrogens (tertiary/aromatic N) is 2. The van der Waals surface area contributed by atoms with Gasteiger partial charge in [0.15, 0.2) is 0 Å². The molecule has 1 aliphatic heterocycles. The van der Waals surface area contributed by atoms with Gasteiger partial charge in [-0.25, -0.2) is 9.37 Å². The van der Waals surface area contributed by atoms with Crippen LogP contribution in [0.1, 0.15) is 15.9 Å². The summed E-state index contributed by atoms with van der Waals surface area (Å²) < 4.78 is 13.0. The molecule has 0 spiro atoms.